The van der Waals surface area contributed by atoms with E-state index in [-0.39, 0.29) is 5.78 Å². The van der Waals surface area contributed by atoms with Crippen LogP contribution in [0.5, 0.6) is 0 Å². The molecule has 2 saturated heterocycles. The molecule has 0 spiro atoms. The van der Waals surface area contributed by atoms with Crippen LogP contribution in [0.15, 0.2) is 48.7 Å². The minimum Gasteiger partial charge on any atom is -0.301 e. The van der Waals surface area contributed by atoms with Crippen molar-refractivity contribution >= 4 is 32.3 Å². The maximum Gasteiger partial charge on any atom is 0.195 e. The predicted octanol–water partition coefficient (Wildman–Crippen LogP) is 5.27. The van der Waals surface area contributed by atoms with Crippen molar-refractivity contribution in [2.45, 2.75) is 44.7 Å². The number of ketones is 1. The topological polar surface area (TPSA) is 40.9 Å². The van der Waals surface area contributed by atoms with Crippen molar-refractivity contribution in [2.24, 2.45) is 0 Å². The number of likely N-dealkylation sites (tertiary alicyclic amines) is 2. The maximum atomic E-state index is 12.8. The minimum atomic E-state index is 0.256. The number of nitrogens with zero attached hydrogens (tertiary/aromatic N) is 4. The Morgan fingerprint density at radius 3 is 2.82 bits per heavy atom. The van der Waals surface area contributed by atoms with E-state index in [9.17, 15) is 4.79 Å². The van der Waals surface area contributed by atoms with Gasteiger partial charge in [0.15, 0.2) is 10.7 Å². The fourth-order valence-electron chi connectivity index (χ4n) is 5.58. The number of likely N-dealkylation sites (N-methyl/N-ethyl adjacent to an activating group) is 1. The molecule has 6 heteroatoms. The molecule has 6 rings (SSSR count). The van der Waals surface area contributed by atoms with E-state index in [1.807, 2.05) is 6.07 Å². The monoisotopic (exact) mass is 458 g/mol. The van der Waals surface area contributed by atoms with Crippen molar-refractivity contribution in [1.29, 1.82) is 0 Å². The number of aryl methyl sites for hydroxylation is 1. The number of Topliss-reactive ketones (excluding diaryl/α,β-unsaturated/α-hetero) is 1. The van der Waals surface area contributed by atoms with Crippen LogP contribution in [0.2, 0.25) is 0 Å². The van der Waals surface area contributed by atoms with Crippen LogP contribution < -0.4 is 0 Å². The number of benzene rings is 2. The van der Waals surface area contributed by atoms with Crippen LogP contribution in [0.25, 0.3) is 26.4 Å². The van der Waals surface area contributed by atoms with E-state index in [4.69, 9.17) is 4.98 Å². The summed E-state index contributed by atoms with van der Waals surface area (Å²) in [5.41, 5.74) is 5.31. The summed E-state index contributed by atoms with van der Waals surface area (Å²) in [6, 6.07) is 16.0. The molecule has 0 radical (unpaired) electrons. The van der Waals surface area contributed by atoms with Crippen molar-refractivity contribution in [3.8, 4) is 11.3 Å². The Bertz CT molecular complexity index is 1340. The summed E-state index contributed by atoms with van der Waals surface area (Å²) in [5, 5.41) is 0. The highest BCUT2D eigenvalue weighted by molar-refractivity contribution is 7.23. The molecule has 0 amide bonds. The van der Waals surface area contributed by atoms with Gasteiger partial charge in [-0.15, -0.1) is 0 Å². The fraction of sp³-hybridized carbons (Fsp3) is 0.407. The zero-order chi connectivity index (χ0) is 22.5. The van der Waals surface area contributed by atoms with E-state index < -0.39 is 0 Å². The lowest BCUT2D eigenvalue weighted by atomic mass is 10.0. The molecular formula is C27H30N4OS. The quantitative estimate of drug-likeness (QED) is 0.280. The number of unbranched alkanes of at least 4 members (excludes halogenated alkanes) is 1. The van der Waals surface area contributed by atoms with Gasteiger partial charge >= 0.3 is 0 Å². The number of rotatable bonds is 7. The summed E-state index contributed by atoms with van der Waals surface area (Å²) in [5.74, 6) is 0.256. The molecule has 2 aromatic heterocycles. The Balaban J connectivity index is 1.10. The smallest absolute Gasteiger partial charge is 0.195 e. The average Bonchev–Trinajstić information content (AvgIpc) is 3.55. The van der Waals surface area contributed by atoms with Gasteiger partial charge in [0, 0.05) is 48.9 Å². The van der Waals surface area contributed by atoms with Crippen LogP contribution >= 0.6 is 11.3 Å². The number of fused-ring (bicyclic) bond motifs is 5. The van der Waals surface area contributed by atoms with Crippen LogP contribution in [0.1, 0.15) is 41.6 Å². The molecule has 2 bridgehead atoms. The van der Waals surface area contributed by atoms with E-state index in [1.165, 1.54) is 25.1 Å². The van der Waals surface area contributed by atoms with E-state index in [2.05, 4.69) is 70.8 Å². The number of carbonyl (C=O) groups excluding carboxylic acids is 1. The number of imidazole rings is 1. The second kappa shape index (κ2) is 8.35. The summed E-state index contributed by atoms with van der Waals surface area (Å²) in [7, 11) is 2.24. The third-order valence-corrected chi connectivity index (χ3v) is 8.47. The normalized spacial score (nSPS) is 21.0. The Kier molecular flexibility index (Phi) is 5.32. The molecule has 0 aliphatic carbocycles. The Morgan fingerprint density at radius 1 is 1.12 bits per heavy atom. The van der Waals surface area contributed by atoms with E-state index in [0.717, 1.165) is 63.5 Å². The Labute approximate surface area is 198 Å². The molecule has 33 heavy (non-hydrogen) atoms. The summed E-state index contributed by atoms with van der Waals surface area (Å²) in [6.07, 6.45) is 6.14. The fourth-order valence-corrected chi connectivity index (χ4v) is 6.63. The summed E-state index contributed by atoms with van der Waals surface area (Å²) in [6.45, 7) is 5.65. The molecule has 0 N–H and O–H groups in total. The van der Waals surface area contributed by atoms with Crippen LogP contribution in [-0.4, -0.2) is 63.7 Å². The standard InChI is InChI=1S/C27H30N4OS/c1-18-6-5-7-19(12-18)23-17-31-24-10-9-20(13-26(24)33-27(31)28-23)25(32)8-3-4-11-30-16-21-14-22(30)15-29(21)2/h5-7,9-10,12-13,17,21-22H,3-4,8,11,14-16H2,1-2H3. The molecule has 4 heterocycles. The van der Waals surface area contributed by atoms with E-state index in [1.54, 1.807) is 11.3 Å². The molecule has 0 saturated carbocycles. The number of hydrogen-bond acceptors (Lipinski definition) is 5. The molecule has 170 valence electrons. The number of thiazole rings is 1. The number of hydrogen-bond donors (Lipinski definition) is 0. The molecule has 2 aliphatic heterocycles. The molecule has 2 fully saturated rings. The average molecular weight is 459 g/mol. The zero-order valence-electron chi connectivity index (χ0n) is 19.3. The maximum absolute atomic E-state index is 12.8. The van der Waals surface area contributed by atoms with Gasteiger partial charge in [-0.3, -0.25) is 14.1 Å². The number of carbonyl (C=O) groups is 1. The second-order valence-corrected chi connectivity index (χ2v) is 10.8. The van der Waals surface area contributed by atoms with E-state index >= 15 is 0 Å². The van der Waals surface area contributed by atoms with Crippen molar-refractivity contribution < 1.29 is 4.79 Å². The van der Waals surface area contributed by atoms with Crippen LogP contribution in [0, 0.1) is 6.92 Å². The van der Waals surface area contributed by atoms with Crippen LogP contribution in [-0.2, 0) is 0 Å². The van der Waals surface area contributed by atoms with Crippen LogP contribution in [0.3, 0.4) is 0 Å². The van der Waals surface area contributed by atoms with Gasteiger partial charge in [-0.05, 0) is 64.0 Å². The van der Waals surface area contributed by atoms with Crippen molar-refractivity contribution in [1.82, 2.24) is 19.2 Å². The van der Waals surface area contributed by atoms with Gasteiger partial charge in [0.05, 0.1) is 15.9 Å². The SMILES string of the molecule is Cc1cccc(-c2cn3c(n2)sc2cc(C(=O)CCCCN4CC5CC4CN5C)ccc23)c1. The highest BCUT2D eigenvalue weighted by Gasteiger charge is 2.40. The predicted molar refractivity (Wildman–Crippen MR) is 135 cm³/mol. The third-order valence-electron chi connectivity index (χ3n) is 7.46. The lowest BCUT2D eigenvalue weighted by Crippen LogP contribution is -2.44. The van der Waals surface area contributed by atoms with Gasteiger partial charge in [-0.1, -0.05) is 35.1 Å². The summed E-state index contributed by atoms with van der Waals surface area (Å²) >= 11 is 1.65. The van der Waals surface area contributed by atoms with E-state index in [0.29, 0.717) is 6.42 Å². The second-order valence-electron chi connectivity index (χ2n) is 9.79. The molecule has 2 aliphatic rings. The minimum absolute atomic E-state index is 0.256. The first-order valence-corrected chi connectivity index (χ1v) is 12.8. The van der Waals surface area contributed by atoms with Crippen molar-refractivity contribution in [3.63, 3.8) is 0 Å². The zero-order valence-corrected chi connectivity index (χ0v) is 20.1. The lowest BCUT2D eigenvalue weighted by Gasteiger charge is -2.31. The van der Waals surface area contributed by atoms with Crippen molar-refractivity contribution in [2.75, 3.05) is 26.7 Å². The van der Waals surface area contributed by atoms with Gasteiger partial charge in [-0.2, -0.15) is 0 Å². The van der Waals surface area contributed by atoms with Gasteiger partial charge in [0.2, 0.25) is 0 Å². The van der Waals surface area contributed by atoms with Crippen LogP contribution in [0.4, 0.5) is 0 Å². The van der Waals surface area contributed by atoms with Gasteiger partial charge in [0.1, 0.15) is 0 Å². The largest absolute Gasteiger partial charge is 0.301 e. The number of piperazine rings is 1. The van der Waals surface area contributed by atoms with Gasteiger partial charge < -0.3 is 4.90 Å². The first-order valence-electron chi connectivity index (χ1n) is 12.0. The Morgan fingerprint density at radius 2 is 2.03 bits per heavy atom. The number of aromatic nitrogens is 2. The highest BCUT2D eigenvalue weighted by Crippen LogP contribution is 2.31. The summed E-state index contributed by atoms with van der Waals surface area (Å²) < 4.78 is 3.27. The lowest BCUT2D eigenvalue weighted by molar-refractivity contribution is 0.0975. The molecule has 2 unspecified atom stereocenters. The molecule has 4 aromatic rings. The first-order chi connectivity index (χ1) is 16.0. The van der Waals surface area contributed by atoms with Gasteiger partial charge in [0.25, 0.3) is 0 Å². The third kappa shape index (κ3) is 3.90. The highest BCUT2D eigenvalue weighted by atomic mass is 32.1. The van der Waals surface area contributed by atoms with Crippen molar-refractivity contribution in [3.05, 3.63) is 59.8 Å². The molecule has 2 atom stereocenters. The molecule has 5 nitrogen and oxygen atoms in total. The first kappa shape index (κ1) is 21.0. The van der Waals surface area contributed by atoms with Gasteiger partial charge in [-0.25, -0.2) is 4.98 Å². The molecular weight excluding hydrogens is 428 g/mol. The Hall–Kier alpha value is -2.54. The molecule has 2 aromatic carbocycles. The summed E-state index contributed by atoms with van der Waals surface area (Å²) in [4.78, 5) is 23.8.